The Morgan fingerprint density at radius 3 is 2.60 bits per heavy atom. The largest absolute Gasteiger partial charge is 0.338 e. The predicted octanol–water partition coefficient (Wildman–Crippen LogP) is 1.94. The number of urea groups is 1. The number of nitrogens with one attached hydrogen (secondary N) is 2. The molecule has 15 heavy (non-hydrogen) atoms. The van der Waals surface area contributed by atoms with E-state index in [2.05, 4.69) is 22.8 Å². The molecule has 1 atom stereocenters. The molecular weight excluding hydrogens is 188 g/mol. The normalized spacial score (nSPS) is 11.9. The smallest absolute Gasteiger partial charge is 0.314 e. The van der Waals surface area contributed by atoms with Crippen molar-refractivity contribution in [2.45, 2.75) is 26.3 Å². The van der Waals surface area contributed by atoms with Crippen molar-refractivity contribution in [2.24, 2.45) is 0 Å². The lowest BCUT2D eigenvalue weighted by Gasteiger charge is -2.13. The van der Waals surface area contributed by atoms with Gasteiger partial charge in [-0.2, -0.15) is 0 Å². The van der Waals surface area contributed by atoms with Crippen molar-refractivity contribution in [3.63, 3.8) is 0 Å². The molecule has 3 nitrogen and oxygen atoms in total. The van der Waals surface area contributed by atoms with Crippen LogP contribution in [0.4, 0.5) is 4.79 Å². The summed E-state index contributed by atoms with van der Waals surface area (Å²) >= 11 is 0. The minimum absolute atomic E-state index is 0.0964. The van der Waals surface area contributed by atoms with Crippen molar-refractivity contribution in [3.8, 4) is 0 Å². The maximum Gasteiger partial charge on any atom is 0.314 e. The van der Waals surface area contributed by atoms with E-state index in [1.807, 2.05) is 32.0 Å². The van der Waals surface area contributed by atoms with Crippen LogP contribution in [0.1, 0.15) is 19.4 Å². The van der Waals surface area contributed by atoms with Crippen LogP contribution in [-0.2, 0) is 6.42 Å². The van der Waals surface area contributed by atoms with Gasteiger partial charge in [-0.15, -0.1) is 0 Å². The average molecular weight is 206 g/mol. The molecule has 82 valence electrons. The van der Waals surface area contributed by atoms with E-state index in [-0.39, 0.29) is 12.1 Å². The molecule has 0 saturated heterocycles. The van der Waals surface area contributed by atoms with Crippen molar-refractivity contribution >= 4 is 6.03 Å². The van der Waals surface area contributed by atoms with E-state index in [1.165, 1.54) is 5.56 Å². The fourth-order valence-corrected chi connectivity index (χ4v) is 1.45. The first kappa shape index (κ1) is 11.6. The molecule has 1 aromatic carbocycles. The zero-order chi connectivity index (χ0) is 11.1. The summed E-state index contributed by atoms with van der Waals surface area (Å²) < 4.78 is 0. The monoisotopic (exact) mass is 206 g/mol. The van der Waals surface area contributed by atoms with Crippen molar-refractivity contribution < 1.29 is 4.79 Å². The van der Waals surface area contributed by atoms with Gasteiger partial charge in [-0.25, -0.2) is 4.79 Å². The molecule has 0 spiro atoms. The van der Waals surface area contributed by atoms with Crippen LogP contribution in [0.5, 0.6) is 0 Å². The highest BCUT2D eigenvalue weighted by molar-refractivity contribution is 5.74. The van der Waals surface area contributed by atoms with Crippen molar-refractivity contribution in [1.29, 1.82) is 0 Å². The third-order valence-corrected chi connectivity index (χ3v) is 2.10. The summed E-state index contributed by atoms with van der Waals surface area (Å²) in [4.78, 5) is 11.2. The van der Waals surface area contributed by atoms with Gasteiger partial charge in [-0.05, 0) is 25.8 Å². The Bertz CT molecular complexity index is 298. The van der Waals surface area contributed by atoms with Gasteiger partial charge in [0.15, 0.2) is 0 Å². The van der Waals surface area contributed by atoms with E-state index in [4.69, 9.17) is 0 Å². The van der Waals surface area contributed by atoms with Gasteiger partial charge in [-0.1, -0.05) is 30.3 Å². The highest BCUT2D eigenvalue weighted by Crippen LogP contribution is 2.02. The highest BCUT2D eigenvalue weighted by atomic mass is 16.2. The Kier molecular flexibility index (Phi) is 4.68. The summed E-state index contributed by atoms with van der Waals surface area (Å²) in [5.41, 5.74) is 1.24. The Balaban J connectivity index is 2.36. The Morgan fingerprint density at radius 1 is 1.33 bits per heavy atom. The highest BCUT2D eigenvalue weighted by Gasteiger charge is 2.06. The molecule has 0 fully saturated rings. The van der Waals surface area contributed by atoms with Gasteiger partial charge >= 0.3 is 6.03 Å². The molecule has 1 rings (SSSR count). The van der Waals surface area contributed by atoms with Crippen molar-refractivity contribution in [3.05, 3.63) is 35.9 Å². The maximum atomic E-state index is 11.2. The lowest BCUT2D eigenvalue weighted by molar-refractivity contribution is 0.238. The van der Waals surface area contributed by atoms with Crippen LogP contribution < -0.4 is 10.6 Å². The van der Waals surface area contributed by atoms with Gasteiger partial charge < -0.3 is 10.6 Å². The molecule has 2 N–H and O–H groups in total. The minimum Gasteiger partial charge on any atom is -0.338 e. The predicted molar refractivity (Wildman–Crippen MR) is 61.8 cm³/mol. The summed E-state index contributed by atoms with van der Waals surface area (Å²) in [5.74, 6) is 0. The van der Waals surface area contributed by atoms with Crippen LogP contribution >= 0.6 is 0 Å². The first-order chi connectivity index (χ1) is 7.22. The third kappa shape index (κ3) is 4.49. The van der Waals surface area contributed by atoms with E-state index >= 15 is 0 Å². The standard InChI is InChI=1S/C12H18N2O/c1-3-13-12(15)14-10(2)9-11-7-5-4-6-8-11/h4-8,10H,3,9H2,1-2H3,(H2,13,14,15). The van der Waals surface area contributed by atoms with Crippen LogP contribution in [0.3, 0.4) is 0 Å². The zero-order valence-electron chi connectivity index (χ0n) is 9.29. The van der Waals surface area contributed by atoms with Gasteiger partial charge in [0.05, 0.1) is 0 Å². The number of carbonyl (C=O) groups excluding carboxylic acids is 1. The molecule has 0 bridgehead atoms. The minimum atomic E-state index is -0.0964. The molecule has 0 aliphatic heterocycles. The average Bonchev–Trinajstić information content (AvgIpc) is 2.19. The Hall–Kier alpha value is -1.51. The van der Waals surface area contributed by atoms with Crippen LogP contribution in [0.15, 0.2) is 30.3 Å². The van der Waals surface area contributed by atoms with Gasteiger partial charge in [0.1, 0.15) is 0 Å². The van der Waals surface area contributed by atoms with E-state index in [0.717, 1.165) is 6.42 Å². The van der Waals surface area contributed by atoms with Crippen LogP contribution in [-0.4, -0.2) is 18.6 Å². The molecule has 2 amide bonds. The van der Waals surface area contributed by atoms with Gasteiger partial charge in [0.25, 0.3) is 0 Å². The van der Waals surface area contributed by atoms with Crippen LogP contribution in [0.2, 0.25) is 0 Å². The Labute approximate surface area is 90.9 Å². The summed E-state index contributed by atoms with van der Waals surface area (Å²) in [5, 5.41) is 5.59. The number of rotatable bonds is 4. The summed E-state index contributed by atoms with van der Waals surface area (Å²) in [6.45, 7) is 4.56. The molecule has 0 aromatic heterocycles. The number of hydrogen-bond donors (Lipinski definition) is 2. The third-order valence-electron chi connectivity index (χ3n) is 2.10. The quantitative estimate of drug-likeness (QED) is 0.776. The summed E-state index contributed by atoms with van der Waals surface area (Å²) in [6, 6.07) is 10.2. The lowest BCUT2D eigenvalue weighted by atomic mass is 10.1. The second kappa shape index (κ2) is 6.06. The van der Waals surface area contributed by atoms with Crippen molar-refractivity contribution in [1.82, 2.24) is 10.6 Å². The number of hydrogen-bond acceptors (Lipinski definition) is 1. The lowest BCUT2D eigenvalue weighted by Crippen LogP contribution is -2.41. The summed E-state index contributed by atoms with van der Waals surface area (Å²) in [6.07, 6.45) is 0.859. The fourth-order valence-electron chi connectivity index (χ4n) is 1.45. The van der Waals surface area contributed by atoms with E-state index in [1.54, 1.807) is 0 Å². The van der Waals surface area contributed by atoms with Crippen molar-refractivity contribution in [2.75, 3.05) is 6.54 Å². The fraction of sp³-hybridized carbons (Fsp3) is 0.417. The SMILES string of the molecule is CCNC(=O)NC(C)Cc1ccccc1. The van der Waals surface area contributed by atoms with E-state index < -0.39 is 0 Å². The second-order valence-corrected chi connectivity index (χ2v) is 3.59. The topological polar surface area (TPSA) is 41.1 Å². The van der Waals surface area contributed by atoms with Crippen LogP contribution in [0, 0.1) is 0 Å². The summed E-state index contributed by atoms with van der Waals surface area (Å²) in [7, 11) is 0. The first-order valence-electron chi connectivity index (χ1n) is 5.30. The number of amides is 2. The molecule has 0 aliphatic carbocycles. The molecule has 0 saturated carbocycles. The Morgan fingerprint density at radius 2 is 2.00 bits per heavy atom. The first-order valence-corrected chi connectivity index (χ1v) is 5.30. The number of carbonyl (C=O) groups is 1. The molecule has 1 aromatic rings. The molecule has 1 unspecified atom stereocenters. The van der Waals surface area contributed by atoms with E-state index in [9.17, 15) is 4.79 Å². The van der Waals surface area contributed by atoms with Gasteiger partial charge in [0.2, 0.25) is 0 Å². The molecule has 0 radical (unpaired) electrons. The zero-order valence-corrected chi connectivity index (χ0v) is 9.29. The molecule has 3 heteroatoms. The van der Waals surface area contributed by atoms with E-state index in [0.29, 0.717) is 6.54 Å². The molecule has 0 heterocycles. The van der Waals surface area contributed by atoms with Gasteiger partial charge in [-0.3, -0.25) is 0 Å². The molecular formula is C12H18N2O. The van der Waals surface area contributed by atoms with Crippen LogP contribution in [0.25, 0.3) is 0 Å². The second-order valence-electron chi connectivity index (χ2n) is 3.59. The molecule has 0 aliphatic rings. The number of benzene rings is 1. The maximum absolute atomic E-state index is 11.2. The van der Waals surface area contributed by atoms with Gasteiger partial charge in [0, 0.05) is 12.6 Å².